The summed E-state index contributed by atoms with van der Waals surface area (Å²) in [5.41, 5.74) is 0.280. The van der Waals surface area contributed by atoms with Gasteiger partial charge in [0, 0.05) is 18.4 Å². The fraction of sp³-hybridized carbons (Fsp3) is 0.500. The highest BCUT2D eigenvalue weighted by molar-refractivity contribution is 6.63. The van der Waals surface area contributed by atoms with Gasteiger partial charge in [0.1, 0.15) is 0 Å². The molecule has 1 atom stereocenters. The number of rotatable bonds is 4. The van der Waals surface area contributed by atoms with Crippen molar-refractivity contribution < 1.29 is 9.53 Å². The molecule has 92 valence electrons. The van der Waals surface area contributed by atoms with Gasteiger partial charge in [-0.1, -0.05) is 6.07 Å². The molecule has 1 unspecified atom stereocenters. The highest BCUT2D eigenvalue weighted by Gasteiger charge is 2.17. The van der Waals surface area contributed by atoms with Gasteiger partial charge in [-0.2, -0.15) is 0 Å². The number of hydrogen-bond donors (Lipinski definition) is 0. The number of nitrogens with zero attached hydrogens (tertiary/aromatic N) is 1. The van der Waals surface area contributed by atoms with Crippen molar-refractivity contribution in [2.45, 2.75) is 31.9 Å². The van der Waals surface area contributed by atoms with Gasteiger partial charge >= 0.3 is 0 Å². The first-order valence-electron chi connectivity index (χ1n) is 5.65. The van der Waals surface area contributed by atoms with Crippen LogP contribution in [-0.2, 0) is 22.5 Å². The van der Waals surface area contributed by atoms with Crippen LogP contribution in [0.15, 0.2) is 23.1 Å². The summed E-state index contributed by atoms with van der Waals surface area (Å²) in [6.45, 7) is 1.31. The highest BCUT2D eigenvalue weighted by Crippen LogP contribution is 2.13. The molecule has 0 saturated carbocycles. The molecule has 2 rings (SSSR count). The normalized spacial score (nSPS) is 19.5. The summed E-state index contributed by atoms with van der Waals surface area (Å²) < 4.78 is 7.07. The minimum Gasteiger partial charge on any atom is -0.376 e. The standard InChI is InChI=1S/C12H14ClNO3/c13-11(15)7-9-3-1-5-14(12(9)16)8-10-4-2-6-17-10/h1,3,5,10H,2,4,6-8H2. The lowest BCUT2D eigenvalue weighted by Crippen LogP contribution is -2.28. The molecule has 2 heterocycles. The number of hydrogen-bond acceptors (Lipinski definition) is 3. The van der Waals surface area contributed by atoms with Crippen molar-refractivity contribution in [2.24, 2.45) is 0 Å². The Morgan fingerprint density at radius 2 is 2.41 bits per heavy atom. The van der Waals surface area contributed by atoms with Gasteiger partial charge in [-0.15, -0.1) is 0 Å². The molecule has 4 nitrogen and oxygen atoms in total. The van der Waals surface area contributed by atoms with E-state index in [-0.39, 0.29) is 18.1 Å². The lowest BCUT2D eigenvalue weighted by molar-refractivity contribution is -0.111. The number of pyridine rings is 1. The Morgan fingerprint density at radius 1 is 1.59 bits per heavy atom. The third-order valence-electron chi connectivity index (χ3n) is 2.85. The van der Waals surface area contributed by atoms with Gasteiger partial charge in [-0.05, 0) is 30.5 Å². The molecule has 1 saturated heterocycles. The van der Waals surface area contributed by atoms with Crippen molar-refractivity contribution >= 4 is 16.8 Å². The molecule has 1 fully saturated rings. The van der Waals surface area contributed by atoms with Crippen LogP contribution in [0.1, 0.15) is 18.4 Å². The van der Waals surface area contributed by atoms with E-state index in [0.29, 0.717) is 12.1 Å². The van der Waals surface area contributed by atoms with Crippen LogP contribution in [0.3, 0.4) is 0 Å². The molecule has 1 aliphatic rings. The zero-order valence-corrected chi connectivity index (χ0v) is 10.2. The summed E-state index contributed by atoms with van der Waals surface area (Å²) in [5, 5.41) is -0.517. The van der Waals surface area contributed by atoms with Crippen LogP contribution in [0.5, 0.6) is 0 Å². The lowest BCUT2D eigenvalue weighted by atomic mass is 10.2. The summed E-state index contributed by atoms with van der Waals surface area (Å²) >= 11 is 5.30. The molecule has 17 heavy (non-hydrogen) atoms. The van der Waals surface area contributed by atoms with Crippen molar-refractivity contribution in [3.8, 4) is 0 Å². The van der Waals surface area contributed by atoms with Gasteiger partial charge < -0.3 is 9.30 Å². The van der Waals surface area contributed by atoms with Crippen LogP contribution < -0.4 is 5.56 Å². The van der Waals surface area contributed by atoms with Crippen LogP contribution in [-0.4, -0.2) is 22.5 Å². The quantitative estimate of drug-likeness (QED) is 0.763. The molecule has 0 N–H and O–H groups in total. The van der Waals surface area contributed by atoms with Crippen molar-refractivity contribution in [1.82, 2.24) is 4.57 Å². The zero-order valence-electron chi connectivity index (χ0n) is 9.39. The van der Waals surface area contributed by atoms with E-state index >= 15 is 0 Å². The van der Waals surface area contributed by atoms with Crippen molar-refractivity contribution in [3.05, 3.63) is 34.2 Å². The average Bonchev–Trinajstić information content (AvgIpc) is 2.76. The van der Waals surface area contributed by atoms with Crippen LogP contribution in [0.25, 0.3) is 0 Å². The highest BCUT2D eigenvalue weighted by atomic mass is 35.5. The van der Waals surface area contributed by atoms with Crippen LogP contribution in [0, 0.1) is 0 Å². The Balaban J connectivity index is 2.16. The smallest absolute Gasteiger partial charge is 0.254 e. The van der Waals surface area contributed by atoms with Crippen molar-refractivity contribution in [2.75, 3.05) is 6.61 Å². The van der Waals surface area contributed by atoms with Gasteiger partial charge in [-0.25, -0.2) is 0 Å². The number of aromatic nitrogens is 1. The zero-order chi connectivity index (χ0) is 12.3. The molecule has 0 aliphatic carbocycles. The molecule has 1 aromatic heterocycles. The molecule has 1 aliphatic heterocycles. The van der Waals surface area contributed by atoms with Gasteiger partial charge in [0.2, 0.25) is 5.24 Å². The van der Waals surface area contributed by atoms with E-state index in [9.17, 15) is 9.59 Å². The summed E-state index contributed by atoms with van der Waals surface area (Å²) in [6.07, 6.45) is 3.82. The van der Waals surface area contributed by atoms with E-state index < -0.39 is 5.24 Å². The van der Waals surface area contributed by atoms with E-state index in [4.69, 9.17) is 16.3 Å². The lowest BCUT2D eigenvalue weighted by Gasteiger charge is -2.12. The summed E-state index contributed by atoms with van der Waals surface area (Å²) in [6, 6.07) is 3.39. The van der Waals surface area contributed by atoms with E-state index in [2.05, 4.69) is 0 Å². The molecule has 1 aromatic rings. The largest absolute Gasteiger partial charge is 0.376 e. The molecule has 0 bridgehead atoms. The van der Waals surface area contributed by atoms with Gasteiger partial charge in [0.25, 0.3) is 5.56 Å². The SMILES string of the molecule is O=C(Cl)Cc1cccn(CC2CCCO2)c1=O. The molecule has 5 heteroatoms. The third kappa shape index (κ3) is 3.17. The van der Waals surface area contributed by atoms with Gasteiger partial charge in [-0.3, -0.25) is 9.59 Å². The fourth-order valence-electron chi connectivity index (χ4n) is 2.02. The second kappa shape index (κ2) is 5.47. The predicted octanol–water partition coefficient (Wildman–Crippen LogP) is 1.34. The maximum Gasteiger partial charge on any atom is 0.254 e. The summed E-state index contributed by atoms with van der Waals surface area (Å²) in [4.78, 5) is 22.8. The Hall–Kier alpha value is -1.13. The number of halogens is 1. The first-order chi connectivity index (χ1) is 8.16. The first-order valence-corrected chi connectivity index (χ1v) is 6.03. The molecule has 0 aromatic carbocycles. The Kier molecular flexibility index (Phi) is 3.97. The van der Waals surface area contributed by atoms with E-state index in [1.54, 1.807) is 22.9 Å². The maximum absolute atomic E-state index is 12.0. The predicted molar refractivity (Wildman–Crippen MR) is 64.2 cm³/mol. The van der Waals surface area contributed by atoms with Crippen LogP contribution in [0.4, 0.5) is 0 Å². The number of carbonyl (C=O) groups is 1. The number of carbonyl (C=O) groups excluding carboxylic acids is 1. The molecule has 0 radical (unpaired) electrons. The van der Waals surface area contributed by atoms with Gasteiger partial charge in [0.15, 0.2) is 0 Å². The average molecular weight is 256 g/mol. The summed E-state index contributed by atoms with van der Waals surface area (Å²) in [7, 11) is 0. The van der Waals surface area contributed by atoms with Crippen LogP contribution >= 0.6 is 11.6 Å². The fourth-order valence-corrected chi connectivity index (χ4v) is 2.17. The monoisotopic (exact) mass is 255 g/mol. The van der Waals surface area contributed by atoms with E-state index in [1.807, 2.05) is 0 Å². The maximum atomic E-state index is 12.0. The van der Waals surface area contributed by atoms with E-state index in [0.717, 1.165) is 19.4 Å². The minimum absolute atomic E-state index is 0.0211. The second-order valence-corrected chi connectivity index (χ2v) is 4.58. The Labute approximate surface area is 104 Å². The molecule has 0 spiro atoms. The van der Waals surface area contributed by atoms with Crippen LogP contribution in [0.2, 0.25) is 0 Å². The number of ether oxygens (including phenoxy) is 1. The first kappa shape index (κ1) is 12.3. The molecular formula is C12H14ClNO3. The van der Waals surface area contributed by atoms with Crippen molar-refractivity contribution in [3.63, 3.8) is 0 Å². The second-order valence-electron chi connectivity index (χ2n) is 4.16. The Bertz CT molecular complexity index is 463. The summed E-state index contributed by atoms with van der Waals surface area (Å²) in [5.74, 6) is 0. The Morgan fingerprint density at radius 3 is 3.06 bits per heavy atom. The molecule has 0 amide bonds. The minimum atomic E-state index is -0.517. The van der Waals surface area contributed by atoms with Gasteiger partial charge in [0.05, 0.1) is 19.1 Å². The molecular weight excluding hydrogens is 242 g/mol. The van der Waals surface area contributed by atoms with Crippen molar-refractivity contribution in [1.29, 1.82) is 0 Å². The third-order valence-corrected chi connectivity index (χ3v) is 2.99. The topological polar surface area (TPSA) is 48.3 Å². The van der Waals surface area contributed by atoms with E-state index in [1.165, 1.54) is 0 Å².